The van der Waals surface area contributed by atoms with Crippen molar-refractivity contribution in [1.29, 1.82) is 0 Å². The van der Waals surface area contributed by atoms with Crippen LogP contribution in [0.2, 0.25) is 0 Å². The minimum atomic E-state index is -3.54. The summed E-state index contributed by atoms with van der Waals surface area (Å²) in [5.74, 6) is 0.0160. The molecule has 1 aliphatic rings. The zero-order valence-corrected chi connectivity index (χ0v) is 18.4. The van der Waals surface area contributed by atoms with E-state index in [2.05, 4.69) is 22.5 Å². The van der Waals surface area contributed by atoms with Crippen LogP contribution in [0.4, 0.5) is 0 Å². The number of rotatable bonds is 8. The molecule has 0 spiro atoms. The third-order valence-corrected chi connectivity index (χ3v) is 7.29. The van der Waals surface area contributed by atoms with Gasteiger partial charge in [0.25, 0.3) is 5.91 Å². The van der Waals surface area contributed by atoms with Crippen LogP contribution in [0.15, 0.2) is 53.7 Å². The van der Waals surface area contributed by atoms with Gasteiger partial charge in [-0.1, -0.05) is 6.92 Å². The number of pyridine rings is 1. The van der Waals surface area contributed by atoms with Gasteiger partial charge in [0.15, 0.2) is 0 Å². The number of amides is 2. The van der Waals surface area contributed by atoms with Crippen LogP contribution in [0.5, 0.6) is 0 Å². The number of benzene rings is 1. The van der Waals surface area contributed by atoms with Crippen LogP contribution in [0.1, 0.15) is 42.1 Å². The highest BCUT2D eigenvalue weighted by molar-refractivity contribution is 7.89. The molecule has 0 atom stereocenters. The zero-order chi connectivity index (χ0) is 22.3. The molecule has 2 aromatic rings. The van der Waals surface area contributed by atoms with Crippen LogP contribution < -0.4 is 10.6 Å². The number of hydrogen-bond acceptors (Lipinski definition) is 5. The highest BCUT2D eigenvalue weighted by Crippen LogP contribution is 2.23. The fraction of sp³-hybridized carbons (Fsp3) is 0.409. The van der Waals surface area contributed by atoms with E-state index in [9.17, 15) is 18.0 Å². The molecule has 0 unspecified atom stereocenters. The van der Waals surface area contributed by atoms with E-state index in [0.29, 0.717) is 31.1 Å². The molecule has 1 saturated heterocycles. The van der Waals surface area contributed by atoms with Gasteiger partial charge in [-0.2, -0.15) is 4.31 Å². The Labute approximate surface area is 183 Å². The molecule has 0 aliphatic carbocycles. The van der Waals surface area contributed by atoms with Crippen LogP contribution in [0, 0.1) is 5.92 Å². The summed E-state index contributed by atoms with van der Waals surface area (Å²) >= 11 is 0. The molecule has 9 heteroatoms. The number of nitrogens with zero attached hydrogens (tertiary/aromatic N) is 2. The number of carbonyl (C=O) groups excluding carboxylic acids is 2. The van der Waals surface area contributed by atoms with Gasteiger partial charge in [0.1, 0.15) is 0 Å². The Balaban J connectivity index is 1.46. The minimum absolute atomic E-state index is 0.149. The Hall–Kier alpha value is -2.78. The molecule has 166 valence electrons. The van der Waals surface area contributed by atoms with E-state index < -0.39 is 10.0 Å². The van der Waals surface area contributed by atoms with Gasteiger partial charge in [0.2, 0.25) is 15.9 Å². The first-order valence-corrected chi connectivity index (χ1v) is 11.8. The predicted octanol–water partition coefficient (Wildman–Crippen LogP) is 1.94. The third kappa shape index (κ3) is 6.35. The SMILES string of the molecule is CC1CCN(S(=O)(=O)c2ccc(C(=O)NCCC(=O)NCc3ccncc3)cc2)CC1. The third-order valence-electron chi connectivity index (χ3n) is 5.37. The molecular formula is C22H28N4O4S. The second-order valence-corrected chi connectivity index (χ2v) is 9.69. The summed E-state index contributed by atoms with van der Waals surface area (Å²) in [6, 6.07) is 9.56. The Kier molecular flexibility index (Phi) is 7.75. The van der Waals surface area contributed by atoms with Crippen LogP contribution in [0.25, 0.3) is 0 Å². The van der Waals surface area contributed by atoms with Gasteiger partial charge in [0, 0.05) is 50.6 Å². The van der Waals surface area contributed by atoms with Crippen LogP contribution in [-0.4, -0.2) is 49.2 Å². The van der Waals surface area contributed by atoms with Crippen molar-refractivity contribution in [1.82, 2.24) is 19.9 Å². The molecule has 0 radical (unpaired) electrons. The topological polar surface area (TPSA) is 108 Å². The second-order valence-electron chi connectivity index (χ2n) is 7.75. The molecule has 2 N–H and O–H groups in total. The lowest BCUT2D eigenvalue weighted by Crippen LogP contribution is -2.37. The van der Waals surface area contributed by atoms with Gasteiger partial charge >= 0.3 is 0 Å². The van der Waals surface area contributed by atoms with Crippen LogP contribution in [0.3, 0.4) is 0 Å². The van der Waals surface area contributed by atoms with E-state index in [4.69, 9.17) is 0 Å². The fourth-order valence-corrected chi connectivity index (χ4v) is 4.80. The average Bonchev–Trinajstić information content (AvgIpc) is 2.78. The largest absolute Gasteiger partial charge is 0.352 e. The molecule has 2 amide bonds. The quantitative estimate of drug-likeness (QED) is 0.647. The van der Waals surface area contributed by atoms with Crippen molar-refractivity contribution in [3.8, 4) is 0 Å². The summed E-state index contributed by atoms with van der Waals surface area (Å²) in [5, 5.41) is 5.47. The zero-order valence-electron chi connectivity index (χ0n) is 17.6. The first kappa shape index (κ1) is 22.9. The molecule has 2 heterocycles. The average molecular weight is 445 g/mol. The Morgan fingerprint density at radius 2 is 1.68 bits per heavy atom. The highest BCUT2D eigenvalue weighted by atomic mass is 32.2. The Morgan fingerprint density at radius 3 is 2.32 bits per heavy atom. The molecule has 0 bridgehead atoms. The first-order valence-electron chi connectivity index (χ1n) is 10.4. The molecule has 31 heavy (non-hydrogen) atoms. The normalized spacial score (nSPS) is 15.4. The minimum Gasteiger partial charge on any atom is -0.352 e. The second kappa shape index (κ2) is 10.5. The number of piperidine rings is 1. The maximum absolute atomic E-state index is 12.8. The summed E-state index contributed by atoms with van der Waals surface area (Å²) in [4.78, 5) is 28.3. The maximum atomic E-state index is 12.8. The van der Waals surface area contributed by atoms with Crippen molar-refractivity contribution in [3.63, 3.8) is 0 Å². The number of aromatic nitrogens is 1. The summed E-state index contributed by atoms with van der Waals surface area (Å²) < 4.78 is 27.0. The molecule has 8 nitrogen and oxygen atoms in total. The van der Waals surface area contributed by atoms with Crippen LogP contribution in [-0.2, 0) is 21.4 Å². The van der Waals surface area contributed by atoms with Gasteiger partial charge in [-0.05, 0) is 60.7 Å². The Morgan fingerprint density at radius 1 is 1.03 bits per heavy atom. The van der Waals surface area contributed by atoms with Crippen molar-refractivity contribution in [2.45, 2.75) is 37.6 Å². The van der Waals surface area contributed by atoms with Crippen molar-refractivity contribution in [2.75, 3.05) is 19.6 Å². The van der Waals surface area contributed by atoms with E-state index in [0.717, 1.165) is 18.4 Å². The van der Waals surface area contributed by atoms with Gasteiger partial charge < -0.3 is 10.6 Å². The van der Waals surface area contributed by atoms with Gasteiger partial charge in [-0.15, -0.1) is 0 Å². The fourth-order valence-electron chi connectivity index (χ4n) is 3.33. The van der Waals surface area contributed by atoms with Crippen molar-refractivity contribution in [2.24, 2.45) is 5.92 Å². The molecule has 1 aliphatic heterocycles. The van der Waals surface area contributed by atoms with Crippen LogP contribution >= 0.6 is 0 Å². The molecule has 0 saturated carbocycles. The summed E-state index contributed by atoms with van der Waals surface area (Å²) in [6.45, 7) is 3.76. The standard InChI is InChI=1S/C22H28N4O4S/c1-17-9-14-26(15-10-17)31(29,30)20-4-2-19(3-5-20)22(28)24-13-8-21(27)25-16-18-6-11-23-12-7-18/h2-7,11-12,17H,8-10,13-16H2,1H3,(H,24,28)(H,25,27). The summed E-state index contributed by atoms with van der Waals surface area (Å²) in [6.07, 6.45) is 5.18. The lowest BCUT2D eigenvalue weighted by atomic mass is 10.0. The highest BCUT2D eigenvalue weighted by Gasteiger charge is 2.28. The van der Waals surface area contributed by atoms with Crippen molar-refractivity contribution >= 4 is 21.8 Å². The summed E-state index contributed by atoms with van der Waals surface area (Å²) in [7, 11) is -3.54. The molecular weight excluding hydrogens is 416 g/mol. The van der Waals surface area contributed by atoms with E-state index in [1.807, 2.05) is 12.1 Å². The lowest BCUT2D eigenvalue weighted by Gasteiger charge is -2.29. The van der Waals surface area contributed by atoms with Crippen molar-refractivity contribution < 1.29 is 18.0 Å². The number of nitrogens with one attached hydrogen (secondary N) is 2. The molecule has 1 fully saturated rings. The maximum Gasteiger partial charge on any atom is 0.251 e. The van der Waals surface area contributed by atoms with E-state index in [1.165, 1.54) is 28.6 Å². The number of hydrogen-bond donors (Lipinski definition) is 2. The Bertz CT molecular complexity index is 986. The van der Waals surface area contributed by atoms with E-state index in [1.54, 1.807) is 12.4 Å². The smallest absolute Gasteiger partial charge is 0.251 e. The predicted molar refractivity (Wildman–Crippen MR) is 117 cm³/mol. The van der Waals surface area contributed by atoms with Gasteiger partial charge in [-0.25, -0.2) is 8.42 Å². The van der Waals surface area contributed by atoms with E-state index in [-0.39, 0.29) is 29.7 Å². The summed E-state index contributed by atoms with van der Waals surface area (Å²) in [5.41, 5.74) is 1.30. The number of sulfonamides is 1. The molecule has 1 aromatic heterocycles. The van der Waals surface area contributed by atoms with Gasteiger partial charge in [0.05, 0.1) is 4.90 Å². The lowest BCUT2D eigenvalue weighted by molar-refractivity contribution is -0.121. The van der Waals surface area contributed by atoms with Gasteiger partial charge in [-0.3, -0.25) is 14.6 Å². The monoisotopic (exact) mass is 444 g/mol. The number of carbonyl (C=O) groups is 2. The van der Waals surface area contributed by atoms with E-state index >= 15 is 0 Å². The first-order chi connectivity index (χ1) is 14.9. The molecule has 3 rings (SSSR count). The van der Waals surface area contributed by atoms with Crippen molar-refractivity contribution in [3.05, 3.63) is 59.9 Å². The molecule has 1 aromatic carbocycles.